The summed E-state index contributed by atoms with van der Waals surface area (Å²) in [5.74, 6) is -0.272. The van der Waals surface area contributed by atoms with Crippen molar-refractivity contribution >= 4 is 29.8 Å². The number of aliphatic carboxylic acids is 1. The number of benzene rings is 2. The van der Waals surface area contributed by atoms with E-state index in [-0.39, 0.29) is 27.3 Å². The van der Waals surface area contributed by atoms with Gasteiger partial charge >= 0.3 is 11.9 Å². The fourth-order valence-corrected chi connectivity index (χ4v) is 3.67. The summed E-state index contributed by atoms with van der Waals surface area (Å²) in [5, 5.41) is 26.6. The molecular formula is C24H18N2O8S. The second-order valence-corrected chi connectivity index (χ2v) is 7.97. The van der Waals surface area contributed by atoms with Crippen molar-refractivity contribution in [2.24, 2.45) is 0 Å². The summed E-state index contributed by atoms with van der Waals surface area (Å²) >= 11 is 0.771. The molecule has 4 rings (SSSR count). The summed E-state index contributed by atoms with van der Waals surface area (Å²) < 4.78 is 21.8. The molecule has 0 aliphatic heterocycles. The first kappa shape index (κ1) is 23.6. The molecule has 2 N–H and O–H groups in total. The smallest absolute Gasteiger partial charge is 0.342 e. The molecule has 0 aliphatic rings. The minimum absolute atomic E-state index is 0.0199. The lowest BCUT2D eigenvalue weighted by atomic mass is 10.1. The molecule has 0 radical (unpaired) electrons. The Hall–Kier alpha value is -4.51. The number of ether oxygens (including phenoxy) is 2. The fraction of sp³-hybridized carbons (Fsp3) is 0.0833. The number of furan rings is 1. The number of aromatic nitrogens is 2. The van der Waals surface area contributed by atoms with Gasteiger partial charge in [-0.1, -0.05) is 12.1 Å². The molecule has 0 aliphatic carbocycles. The lowest BCUT2D eigenvalue weighted by molar-refractivity contribution is -0.131. The number of hydrogen-bond donors (Lipinski definition) is 2. The Morgan fingerprint density at radius 1 is 0.886 bits per heavy atom. The van der Waals surface area contributed by atoms with Gasteiger partial charge < -0.3 is 28.5 Å². The van der Waals surface area contributed by atoms with Crippen molar-refractivity contribution in [1.29, 1.82) is 0 Å². The highest BCUT2D eigenvalue weighted by molar-refractivity contribution is 8.03. The number of carboxylic acid groups (broad SMARTS) is 2. The summed E-state index contributed by atoms with van der Waals surface area (Å²) in [5.41, 5.74) is 1.34. The van der Waals surface area contributed by atoms with Gasteiger partial charge in [-0.3, -0.25) is 0 Å². The van der Waals surface area contributed by atoms with E-state index >= 15 is 0 Å². The molecule has 0 atom stereocenters. The van der Waals surface area contributed by atoms with Gasteiger partial charge in [0.1, 0.15) is 27.9 Å². The number of methoxy groups -OCH3 is 2. The first-order valence-electron chi connectivity index (χ1n) is 9.99. The van der Waals surface area contributed by atoms with Crippen molar-refractivity contribution in [3.8, 4) is 34.3 Å². The SMILES string of the molecule is COc1cc(OC)cc(-c2nnc(S/C(=C\c3ccc(-c4ccc(C(=O)O)cc4)o3)C(=O)O)o2)c1. The van der Waals surface area contributed by atoms with Gasteiger partial charge in [0.05, 0.1) is 19.8 Å². The van der Waals surface area contributed by atoms with Gasteiger partial charge in [-0.25, -0.2) is 9.59 Å². The molecule has 178 valence electrons. The maximum absolute atomic E-state index is 11.8. The Morgan fingerprint density at radius 2 is 1.57 bits per heavy atom. The van der Waals surface area contributed by atoms with E-state index in [9.17, 15) is 14.7 Å². The number of hydrogen-bond acceptors (Lipinski definition) is 9. The third-order valence-electron chi connectivity index (χ3n) is 4.73. The van der Waals surface area contributed by atoms with E-state index in [0.717, 1.165) is 11.8 Å². The van der Waals surface area contributed by atoms with E-state index < -0.39 is 11.9 Å². The number of nitrogens with zero attached hydrogens (tertiary/aromatic N) is 2. The normalized spacial score (nSPS) is 11.3. The topological polar surface area (TPSA) is 145 Å². The van der Waals surface area contributed by atoms with Crippen LogP contribution in [0, 0.1) is 0 Å². The molecule has 2 aromatic heterocycles. The van der Waals surface area contributed by atoms with Gasteiger partial charge in [-0.2, -0.15) is 0 Å². The molecule has 0 amide bonds. The van der Waals surface area contributed by atoms with E-state index in [1.54, 1.807) is 42.5 Å². The molecule has 2 heterocycles. The Kier molecular flexibility index (Phi) is 6.88. The predicted molar refractivity (Wildman–Crippen MR) is 125 cm³/mol. The Labute approximate surface area is 202 Å². The summed E-state index contributed by atoms with van der Waals surface area (Å²) in [6.45, 7) is 0. The van der Waals surface area contributed by atoms with Crippen molar-refractivity contribution < 1.29 is 38.1 Å². The zero-order valence-corrected chi connectivity index (χ0v) is 19.2. The quantitative estimate of drug-likeness (QED) is 0.241. The standard InChI is InChI=1S/C24H18N2O8S/c1-31-17-9-15(10-18(11-17)32-2)21-25-26-24(34-21)35-20(23(29)30)12-16-7-8-19(33-16)13-3-5-14(6-4-13)22(27)28/h3-12H,1-2H3,(H,27,28)(H,29,30)/b20-12-. The van der Waals surface area contributed by atoms with Gasteiger partial charge in [0.25, 0.3) is 5.22 Å². The molecule has 0 saturated heterocycles. The molecule has 10 nitrogen and oxygen atoms in total. The lowest BCUT2D eigenvalue weighted by Gasteiger charge is -2.05. The second kappa shape index (κ2) is 10.2. The third kappa shape index (κ3) is 5.53. The summed E-state index contributed by atoms with van der Waals surface area (Å²) in [7, 11) is 3.03. The second-order valence-electron chi connectivity index (χ2n) is 6.97. The lowest BCUT2D eigenvalue weighted by Crippen LogP contribution is -1.96. The summed E-state index contributed by atoms with van der Waals surface area (Å²) in [6.07, 6.45) is 1.33. The molecule has 0 saturated carbocycles. The molecular weight excluding hydrogens is 476 g/mol. The third-order valence-corrected chi connectivity index (χ3v) is 5.58. The minimum atomic E-state index is -1.21. The van der Waals surface area contributed by atoms with E-state index in [4.69, 9.17) is 23.4 Å². The van der Waals surface area contributed by atoms with Crippen molar-refractivity contribution in [1.82, 2.24) is 10.2 Å². The average Bonchev–Trinajstić information content (AvgIpc) is 3.53. The van der Waals surface area contributed by atoms with Crippen LogP contribution in [0.2, 0.25) is 0 Å². The first-order valence-corrected chi connectivity index (χ1v) is 10.8. The van der Waals surface area contributed by atoms with Crippen molar-refractivity contribution in [3.05, 3.63) is 70.8 Å². The summed E-state index contributed by atoms with van der Waals surface area (Å²) in [6, 6.07) is 14.5. The summed E-state index contributed by atoms with van der Waals surface area (Å²) in [4.78, 5) is 22.7. The van der Waals surface area contributed by atoms with Crippen LogP contribution in [0.15, 0.2) is 73.6 Å². The fourth-order valence-electron chi connectivity index (χ4n) is 3.02. The maximum atomic E-state index is 11.8. The highest BCUT2D eigenvalue weighted by Gasteiger charge is 2.18. The number of rotatable bonds is 9. The number of aromatic carboxylic acids is 1. The molecule has 4 aromatic rings. The van der Waals surface area contributed by atoms with Gasteiger partial charge in [-0.05, 0) is 48.2 Å². The Balaban J connectivity index is 1.55. The van der Waals surface area contributed by atoms with Crippen LogP contribution >= 0.6 is 11.8 Å². The van der Waals surface area contributed by atoms with E-state index in [0.29, 0.717) is 28.4 Å². The number of carbonyl (C=O) groups is 2. The van der Waals surface area contributed by atoms with Gasteiger partial charge in [0.2, 0.25) is 5.89 Å². The monoisotopic (exact) mass is 494 g/mol. The molecule has 2 aromatic carbocycles. The Bertz CT molecular complexity index is 1380. The molecule has 11 heteroatoms. The molecule has 35 heavy (non-hydrogen) atoms. The van der Waals surface area contributed by atoms with E-state index in [2.05, 4.69) is 10.2 Å². The highest BCUT2D eigenvalue weighted by atomic mass is 32.2. The van der Waals surface area contributed by atoms with Gasteiger partial charge in [0.15, 0.2) is 0 Å². The van der Waals surface area contributed by atoms with Crippen LogP contribution in [0.5, 0.6) is 11.5 Å². The van der Waals surface area contributed by atoms with Crippen LogP contribution in [-0.2, 0) is 4.79 Å². The van der Waals surface area contributed by atoms with Crippen molar-refractivity contribution in [2.75, 3.05) is 14.2 Å². The van der Waals surface area contributed by atoms with Crippen LogP contribution in [0.3, 0.4) is 0 Å². The first-order chi connectivity index (χ1) is 16.9. The molecule has 0 bridgehead atoms. The molecule has 0 spiro atoms. The van der Waals surface area contributed by atoms with Gasteiger partial charge in [0, 0.05) is 23.3 Å². The average molecular weight is 494 g/mol. The van der Waals surface area contributed by atoms with Crippen LogP contribution in [0.1, 0.15) is 16.1 Å². The molecule has 0 unspecified atom stereocenters. The zero-order valence-electron chi connectivity index (χ0n) is 18.4. The minimum Gasteiger partial charge on any atom is -0.497 e. The predicted octanol–water partition coefficient (Wildman–Crippen LogP) is 4.93. The van der Waals surface area contributed by atoms with Gasteiger partial charge in [-0.15, -0.1) is 10.2 Å². The van der Waals surface area contributed by atoms with Crippen LogP contribution in [0.25, 0.3) is 28.9 Å². The number of thioether (sulfide) groups is 1. The van der Waals surface area contributed by atoms with Crippen molar-refractivity contribution in [3.63, 3.8) is 0 Å². The van der Waals surface area contributed by atoms with E-state index in [1.807, 2.05) is 0 Å². The highest BCUT2D eigenvalue weighted by Crippen LogP contribution is 2.33. The van der Waals surface area contributed by atoms with Crippen LogP contribution < -0.4 is 9.47 Å². The van der Waals surface area contributed by atoms with E-state index in [1.165, 1.54) is 32.4 Å². The molecule has 0 fully saturated rings. The largest absolute Gasteiger partial charge is 0.497 e. The van der Waals surface area contributed by atoms with Crippen LogP contribution in [-0.4, -0.2) is 46.6 Å². The zero-order chi connectivity index (χ0) is 24.9. The van der Waals surface area contributed by atoms with Crippen molar-refractivity contribution in [2.45, 2.75) is 5.22 Å². The number of carboxylic acids is 2. The van der Waals surface area contributed by atoms with Crippen LogP contribution in [0.4, 0.5) is 0 Å². The maximum Gasteiger partial charge on any atom is 0.342 e. The Morgan fingerprint density at radius 3 is 2.17 bits per heavy atom.